The Labute approximate surface area is 417 Å². The molecular formula is C70H66. The molecule has 70 heavy (non-hydrogen) atoms. The second kappa shape index (κ2) is 16.3. The highest BCUT2D eigenvalue weighted by Crippen LogP contribution is 2.76. The van der Waals surface area contributed by atoms with Crippen LogP contribution in [0.3, 0.4) is 0 Å². The fourth-order valence-electron chi connectivity index (χ4n) is 18.2. The molecule has 0 N–H and O–H groups in total. The van der Waals surface area contributed by atoms with Crippen LogP contribution in [0.15, 0.2) is 243 Å². The van der Waals surface area contributed by atoms with Crippen molar-refractivity contribution in [2.24, 2.45) is 0 Å². The minimum absolute atomic E-state index is 0.159. The molecule has 6 saturated carbocycles. The molecule has 0 aromatic heterocycles. The van der Waals surface area contributed by atoms with Crippen molar-refractivity contribution in [1.82, 2.24) is 0 Å². The summed E-state index contributed by atoms with van der Waals surface area (Å²) in [6, 6.07) is 94.5. The molecule has 0 heteroatoms. The Morgan fingerprint density at radius 3 is 0.486 bits per heavy atom. The Morgan fingerprint density at radius 2 is 0.343 bits per heavy atom. The van der Waals surface area contributed by atoms with Crippen molar-refractivity contribution in [3.63, 3.8) is 0 Å². The van der Waals surface area contributed by atoms with Crippen LogP contribution in [0.5, 0.6) is 0 Å². The first-order valence-electron chi connectivity index (χ1n) is 26.4. The Hall–Kier alpha value is -6.50. The van der Waals surface area contributed by atoms with E-state index in [0.29, 0.717) is 0 Å². The van der Waals surface area contributed by atoms with Crippen molar-refractivity contribution in [1.29, 1.82) is 0 Å². The predicted molar refractivity (Wildman–Crippen MR) is 290 cm³/mol. The van der Waals surface area contributed by atoms with Gasteiger partial charge < -0.3 is 0 Å². The molecule has 8 aromatic carbocycles. The molecule has 0 spiro atoms. The molecule has 0 atom stereocenters. The van der Waals surface area contributed by atoms with Crippen molar-refractivity contribution in [3.8, 4) is 0 Å². The lowest BCUT2D eigenvalue weighted by molar-refractivity contribution is -0.0689. The summed E-state index contributed by atoms with van der Waals surface area (Å²) in [5.41, 5.74) is 12.1. The topological polar surface area (TPSA) is 0 Å². The summed E-state index contributed by atoms with van der Waals surface area (Å²) >= 11 is 0. The van der Waals surface area contributed by atoms with E-state index in [-0.39, 0.29) is 43.3 Å². The molecule has 8 aromatic rings. The van der Waals surface area contributed by atoms with Gasteiger partial charge in [-0.25, -0.2) is 0 Å². The van der Waals surface area contributed by atoms with Gasteiger partial charge >= 0.3 is 0 Å². The van der Waals surface area contributed by atoms with Crippen LogP contribution in [0.25, 0.3) is 6.08 Å². The van der Waals surface area contributed by atoms with Crippen LogP contribution in [0.2, 0.25) is 0 Å². The second-order valence-corrected chi connectivity index (χ2v) is 23.8. The number of benzene rings is 8. The monoisotopic (exact) mass is 907 g/mol. The Morgan fingerprint density at radius 1 is 0.200 bits per heavy atom. The van der Waals surface area contributed by atoms with E-state index >= 15 is 0 Å². The fraction of sp³-hybridized carbons (Fsp3) is 0.286. The summed E-state index contributed by atoms with van der Waals surface area (Å²) in [7, 11) is 0. The summed E-state index contributed by atoms with van der Waals surface area (Å²) in [5.74, 6) is 0. The van der Waals surface area contributed by atoms with E-state index in [0.717, 1.165) is 77.0 Å². The third-order valence-electron chi connectivity index (χ3n) is 19.6. The van der Waals surface area contributed by atoms with Gasteiger partial charge in [0.05, 0.1) is 0 Å². The molecule has 6 aliphatic rings. The van der Waals surface area contributed by atoms with Gasteiger partial charge in [0.2, 0.25) is 0 Å². The third-order valence-corrected chi connectivity index (χ3v) is 19.6. The van der Waals surface area contributed by atoms with Crippen molar-refractivity contribution in [2.45, 2.75) is 120 Å². The van der Waals surface area contributed by atoms with E-state index < -0.39 is 0 Å². The summed E-state index contributed by atoms with van der Waals surface area (Å²) in [5, 5.41) is 0. The second-order valence-electron chi connectivity index (χ2n) is 23.8. The van der Waals surface area contributed by atoms with Crippen molar-refractivity contribution in [2.75, 3.05) is 0 Å². The Bertz CT molecular complexity index is 2810. The van der Waals surface area contributed by atoms with Gasteiger partial charge in [0.25, 0.3) is 0 Å². The lowest BCUT2D eigenvalue weighted by atomic mass is 9.32. The molecule has 0 aliphatic heterocycles. The Balaban J connectivity index is 1.25. The van der Waals surface area contributed by atoms with Crippen molar-refractivity contribution in [3.05, 3.63) is 293 Å². The van der Waals surface area contributed by atoms with Gasteiger partial charge in [-0.05, 0) is 170 Å². The van der Waals surface area contributed by atoms with Crippen LogP contribution < -0.4 is 0 Å². The number of hydrogen-bond donors (Lipinski definition) is 0. The molecule has 14 rings (SSSR count). The molecule has 0 unspecified atom stereocenters. The highest BCUT2D eigenvalue weighted by Gasteiger charge is 2.71. The molecular weight excluding hydrogens is 841 g/mol. The average molecular weight is 907 g/mol. The maximum Gasteiger partial charge on any atom is -0.00215 e. The standard InChI is InChI=1S/C70H66/c1-2-54-38-40-62(41-39-54)70-51-67(59-32-18-7-19-33-59)45-64(56-26-12-4-13-27-56)42-63(55-24-10-3-11-25-55)43-65(47-67,57-28-14-5-15-29-57)49-69(53-70,61-36-22-9-23-37-61)50-66(44-63,58-30-16-6-17-31-58)48-68(46-64,52-70)60-34-20-8-21-35-60/h2-41H,1,42-53H2. The van der Waals surface area contributed by atoms with Gasteiger partial charge in [-0.2, -0.15) is 0 Å². The van der Waals surface area contributed by atoms with Crippen LogP contribution in [0, 0.1) is 0 Å². The van der Waals surface area contributed by atoms with Gasteiger partial charge in [-0.15, -0.1) is 0 Å². The van der Waals surface area contributed by atoms with Gasteiger partial charge in [0, 0.05) is 0 Å². The molecule has 0 nitrogen and oxygen atoms in total. The van der Waals surface area contributed by atoms with E-state index in [1.807, 2.05) is 6.08 Å². The van der Waals surface area contributed by atoms with Crippen LogP contribution in [-0.4, -0.2) is 0 Å². The molecule has 0 saturated heterocycles. The number of rotatable bonds is 9. The fourth-order valence-corrected chi connectivity index (χ4v) is 18.2. The highest BCUT2D eigenvalue weighted by molar-refractivity contribution is 5.54. The average Bonchev–Trinajstić information content (AvgIpc) is 3.40. The molecule has 6 aliphatic carbocycles. The minimum Gasteiger partial charge on any atom is -0.0985 e. The predicted octanol–water partition coefficient (Wildman–Crippen LogP) is 16.9. The van der Waals surface area contributed by atoms with Gasteiger partial charge in [-0.3, -0.25) is 0 Å². The maximum atomic E-state index is 4.27. The molecule has 8 bridgehead atoms. The normalized spacial score (nSPS) is 33.0. The van der Waals surface area contributed by atoms with E-state index in [2.05, 4.69) is 243 Å². The zero-order valence-corrected chi connectivity index (χ0v) is 40.8. The summed E-state index contributed by atoms with van der Waals surface area (Å²) in [6.45, 7) is 4.27. The van der Waals surface area contributed by atoms with Crippen LogP contribution in [-0.2, 0) is 43.3 Å². The zero-order valence-electron chi connectivity index (χ0n) is 40.8. The Kier molecular flexibility index (Phi) is 10.1. The first-order chi connectivity index (χ1) is 34.3. The largest absolute Gasteiger partial charge is 0.0985 e. The van der Waals surface area contributed by atoms with Gasteiger partial charge in [0.15, 0.2) is 0 Å². The minimum atomic E-state index is -0.190. The summed E-state index contributed by atoms with van der Waals surface area (Å²) < 4.78 is 0. The lowest BCUT2D eigenvalue weighted by Crippen LogP contribution is -2.67. The van der Waals surface area contributed by atoms with E-state index in [4.69, 9.17) is 0 Å². The third kappa shape index (κ3) is 6.83. The zero-order chi connectivity index (χ0) is 47.0. The first kappa shape index (κ1) is 43.5. The molecule has 0 radical (unpaired) electrons. The summed E-state index contributed by atoms with van der Waals surface area (Å²) in [4.78, 5) is 0. The maximum absolute atomic E-state index is 4.27. The smallest absolute Gasteiger partial charge is 0.00215 e. The van der Waals surface area contributed by atoms with Gasteiger partial charge in [-0.1, -0.05) is 249 Å². The van der Waals surface area contributed by atoms with E-state index in [1.165, 1.54) is 50.1 Å². The van der Waals surface area contributed by atoms with Crippen LogP contribution >= 0.6 is 0 Å². The molecule has 346 valence electrons. The van der Waals surface area contributed by atoms with Crippen molar-refractivity contribution >= 4 is 6.08 Å². The summed E-state index contributed by atoms with van der Waals surface area (Å²) in [6.07, 6.45) is 15.1. The molecule has 0 amide bonds. The number of hydrogen-bond acceptors (Lipinski definition) is 0. The highest BCUT2D eigenvalue weighted by atomic mass is 14.7. The van der Waals surface area contributed by atoms with Gasteiger partial charge in [0.1, 0.15) is 0 Å². The SMILES string of the molecule is C=Cc1ccc(C23CC4(c5ccccc5)CC5(c6ccccc6)CC6(c7ccccc7)CC(c7ccccc7)(C4)CC(c4ccccc4)(CC(c4ccccc4)(C6)CC(c4ccccc4)(C5)C2)C3)cc1. The molecule has 6 fully saturated rings. The quantitative estimate of drug-likeness (QED) is 0.135. The van der Waals surface area contributed by atoms with Crippen LogP contribution in [0.4, 0.5) is 0 Å². The van der Waals surface area contributed by atoms with Crippen LogP contribution in [0.1, 0.15) is 127 Å². The van der Waals surface area contributed by atoms with E-state index in [1.54, 1.807) is 0 Å². The molecule has 0 heterocycles. The lowest BCUT2D eigenvalue weighted by Gasteiger charge is -2.71. The van der Waals surface area contributed by atoms with E-state index in [9.17, 15) is 0 Å². The van der Waals surface area contributed by atoms with Crippen molar-refractivity contribution < 1.29 is 0 Å². The first-order valence-corrected chi connectivity index (χ1v) is 26.4.